The molecule has 3 aromatic rings. The first kappa shape index (κ1) is 22.0. The molecule has 4 nitrogen and oxygen atoms in total. The van der Waals surface area contributed by atoms with Gasteiger partial charge in [-0.15, -0.1) is 0 Å². The van der Waals surface area contributed by atoms with Gasteiger partial charge in [0, 0.05) is 5.92 Å². The molecule has 6 heteroatoms. The molecular formula is C29H25F2NO3. The van der Waals surface area contributed by atoms with Gasteiger partial charge in [0.05, 0.1) is 25.3 Å². The van der Waals surface area contributed by atoms with Crippen molar-refractivity contribution in [2.75, 3.05) is 19.8 Å². The second kappa shape index (κ2) is 8.93. The summed E-state index contributed by atoms with van der Waals surface area (Å²) in [6.07, 6.45) is 2.44. The lowest BCUT2D eigenvalue weighted by molar-refractivity contribution is -0.0364. The lowest BCUT2D eigenvalue weighted by Crippen LogP contribution is -2.56. The van der Waals surface area contributed by atoms with Crippen LogP contribution in [-0.4, -0.2) is 42.9 Å². The maximum atomic E-state index is 14.2. The summed E-state index contributed by atoms with van der Waals surface area (Å²) in [5, 5.41) is 0. The van der Waals surface area contributed by atoms with E-state index in [4.69, 9.17) is 9.47 Å². The first-order valence-electron chi connectivity index (χ1n) is 11.9. The normalized spacial score (nSPS) is 20.7. The fourth-order valence-corrected chi connectivity index (χ4v) is 5.70. The van der Waals surface area contributed by atoms with E-state index < -0.39 is 11.6 Å². The minimum Gasteiger partial charge on any atom is -0.448 e. The van der Waals surface area contributed by atoms with Crippen molar-refractivity contribution in [2.45, 2.75) is 30.8 Å². The van der Waals surface area contributed by atoms with E-state index in [1.807, 2.05) is 30.3 Å². The molecule has 0 saturated carbocycles. The Hall–Kier alpha value is -3.51. The van der Waals surface area contributed by atoms with Crippen molar-refractivity contribution in [3.05, 3.63) is 107 Å². The summed E-state index contributed by atoms with van der Waals surface area (Å²) < 4.78 is 39.4. The van der Waals surface area contributed by atoms with Crippen molar-refractivity contribution in [3.63, 3.8) is 0 Å². The summed E-state index contributed by atoms with van der Waals surface area (Å²) in [6.45, 7) is 1.01. The number of amides is 1. The van der Waals surface area contributed by atoms with Crippen molar-refractivity contribution in [2.24, 2.45) is 0 Å². The average molecular weight is 474 g/mol. The quantitative estimate of drug-likeness (QED) is 0.446. The summed E-state index contributed by atoms with van der Waals surface area (Å²) in [5.74, 6) is -1.66. The summed E-state index contributed by atoms with van der Waals surface area (Å²) in [4.78, 5) is 15.0. The Kier molecular flexibility index (Phi) is 5.61. The smallest absolute Gasteiger partial charge is 0.410 e. The van der Waals surface area contributed by atoms with Gasteiger partial charge in [-0.05, 0) is 46.7 Å². The molecule has 0 spiro atoms. The number of nitrogens with zero attached hydrogens (tertiary/aromatic N) is 1. The van der Waals surface area contributed by atoms with Crippen LogP contribution in [0.1, 0.15) is 29.0 Å². The number of hydrogen-bond donors (Lipinski definition) is 0. The summed E-state index contributed by atoms with van der Waals surface area (Å²) in [6, 6.07) is 20.2. The van der Waals surface area contributed by atoms with Gasteiger partial charge in [0.25, 0.3) is 0 Å². The van der Waals surface area contributed by atoms with Gasteiger partial charge < -0.3 is 9.47 Å². The molecule has 0 N–H and O–H groups in total. The number of rotatable bonds is 4. The highest BCUT2D eigenvalue weighted by atomic mass is 19.2. The number of ether oxygens (including phenoxy) is 2. The van der Waals surface area contributed by atoms with E-state index in [2.05, 4.69) is 24.3 Å². The molecule has 1 aliphatic carbocycles. The van der Waals surface area contributed by atoms with E-state index in [0.717, 1.165) is 11.6 Å². The second-order valence-electron chi connectivity index (χ2n) is 9.39. The number of carbonyl (C=O) groups excluding carboxylic acids is 1. The standard InChI is InChI=1S/C29H25F2NO3/c30-27-11-5-6-19(28(27)31)12-18-13-20-15-34-16-21(14-18)32(20)29(33)35-17-26-24-9-3-1-7-22(24)23-8-2-4-10-25(23)26/h1-11,13,20-21,26H,12,14-17H2. The summed E-state index contributed by atoms with van der Waals surface area (Å²) in [7, 11) is 0. The van der Waals surface area contributed by atoms with Gasteiger partial charge in [-0.2, -0.15) is 0 Å². The fraction of sp³-hybridized carbons (Fsp3) is 0.276. The van der Waals surface area contributed by atoms with Crippen molar-refractivity contribution in [1.82, 2.24) is 4.90 Å². The SMILES string of the molecule is O=C(OCC1c2ccccc2-c2ccccc21)N1C2C=C(Cc3cccc(F)c3F)CC1COC2. The molecule has 3 aromatic carbocycles. The third-order valence-electron chi connectivity index (χ3n) is 7.27. The van der Waals surface area contributed by atoms with Crippen LogP contribution in [0, 0.1) is 11.6 Å². The number of morpholine rings is 1. The molecule has 1 saturated heterocycles. The molecule has 6 rings (SSSR count). The van der Waals surface area contributed by atoms with Gasteiger partial charge in [0.1, 0.15) is 6.61 Å². The van der Waals surface area contributed by atoms with Crippen LogP contribution in [0.25, 0.3) is 11.1 Å². The highest BCUT2D eigenvalue weighted by Gasteiger charge is 2.39. The third-order valence-corrected chi connectivity index (χ3v) is 7.27. The molecule has 2 heterocycles. The van der Waals surface area contributed by atoms with E-state index in [1.54, 1.807) is 11.0 Å². The predicted octanol–water partition coefficient (Wildman–Crippen LogP) is 5.86. The minimum atomic E-state index is -0.845. The Bertz CT molecular complexity index is 1280. The van der Waals surface area contributed by atoms with Crippen LogP contribution in [0.2, 0.25) is 0 Å². The molecule has 2 unspecified atom stereocenters. The van der Waals surface area contributed by atoms with E-state index in [1.165, 1.54) is 28.3 Å². The Morgan fingerprint density at radius 3 is 2.37 bits per heavy atom. The molecule has 35 heavy (non-hydrogen) atoms. The lowest BCUT2D eigenvalue weighted by atomic mass is 9.90. The minimum absolute atomic E-state index is 0.00529. The molecule has 0 aromatic heterocycles. The molecule has 3 aliphatic rings. The summed E-state index contributed by atoms with van der Waals surface area (Å²) in [5.41, 5.74) is 6.01. The van der Waals surface area contributed by atoms with Crippen molar-refractivity contribution < 1.29 is 23.0 Å². The number of benzene rings is 3. The Morgan fingerprint density at radius 2 is 1.66 bits per heavy atom. The van der Waals surface area contributed by atoms with Crippen molar-refractivity contribution in [1.29, 1.82) is 0 Å². The van der Waals surface area contributed by atoms with Crippen LogP contribution in [0.4, 0.5) is 13.6 Å². The molecule has 1 fully saturated rings. The second-order valence-corrected chi connectivity index (χ2v) is 9.39. The lowest BCUT2D eigenvalue weighted by Gasteiger charge is -2.44. The van der Waals surface area contributed by atoms with Crippen LogP contribution in [-0.2, 0) is 15.9 Å². The predicted molar refractivity (Wildman–Crippen MR) is 128 cm³/mol. The Balaban J connectivity index is 1.19. The Labute approximate surface area is 202 Å². The van der Waals surface area contributed by atoms with Crippen molar-refractivity contribution in [3.8, 4) is 11.1 Å². The van der Waals surface area contributed by atoms with Gasteiger partial charge in [-0.25, -0.2) is 13.6 Å². The number of carbonyl (C=O) groups is 1. The van der Waals surface area contributed by atoms with Crippen LogP contribution in [0.15, 0.2) is 78.4 Å². The monoisotopic (exact) mass is 473 g/mol. The van der Waals surface area contributed by atoms with Crippen LogP contribution >= 0.6 is 0 Å². The number of fused-ring (bicyclic) bond motifs is 5. The largest absolute Gasteiger partial charge is 0.448 e. The maximum Gasteiger partial charge on any atom is 0.410 e. The van der Waals surface area contributed by atoms with Crippen molar-refractivity contribution >= 4 is 6.09 Å². The topological polar surface area (TPSA) is 38.8 Å². The van der Waals surface area contributed by atoms with Crippen LogP contribution in [0.5, 0.6) is 0 Å². The molecule has 0 radical (unpaired) electrons. The first-order chi connectivity index (χ1) is 17.1. The molecule has 2 atom stereocenters. The highest BCUT2D eigenvalue weighted by molar-refractivity contribution is 5.79. The van der Waals surface area contributed by atoms with E-state index >= 15 is 0 Å². The highest BCUT2D eigenvalue weighted by Crippen LogP contribution is 2.44. The van der Waals surface area contributed by atoms with Crippen LogP contribution in [0.3, 0.4) is 0 Å². The molecule has 2 bridgehead atoms. The average Bonchev–Trinajstić information content (AvgIpc) is 3.18. The maximum absolute atomic E-state index is 14.2. The number of halogens is 2. The zero-order valence-corrected chi connectivity index (χ0v) is 19.1. The zero-order valence-electron chi connectivity index (χ0n) is 19.1. The van der Waals surface area contributed by atoms with Gasteiger partial charge in [0.15, 0.2) is 11.6 Å². The third kappa shape index (κ3) is 3.92. The fourth-order valence-electron chi connectivity index (χ4n) is 5.70. The zero-order chi connectivity index (χ0) is 23.9. The molecular weight excluding hydrogens is 448 g/mol. The van der Waals surface area contributed by atoms with Gasteiger partial charge >= 0.3 is 6.09 Å². The Morgan fingerprint density at radius 1 is 0.943 bits per heavy atom. The molecule has 2 aliphatic heterocycles. The van der Waals surface area contributed by atoms with E-state index in [-0.39, 0.29) is 30.7 Å². The van der Waals surface area contributed by atoms with E-state index in [0.29, 0.717) is 31.6 Å². The molecule has 178 valence electrons. The first-order valence-corrected chi connectivity index (χ1v) is 11.9. The van der Waals surface area contributed by atoms with Gasteiger partial charge in [-0.3, -0.25) is 4.90 Å². The summed E-state index contributed by atoms with van der Waals surface area (Å²) >= 11 is 0. The van der Waals surface area contributed by atoms with Crippen LogP contribution < -0.4 is 0 Å². The number of hydrogen-bond acceptors (Lipinski definition) is 3. The van der Waals surface area contributed by atoms with E-state index in [9.17, 15) is 13.6 Å². The van der Waals surface area contributed by atoms with Gasteiger partial charge in [0.2, 0.25) is 0 Å². The molecule has 1 amide bonds. The van der Waals surface area contributed by atoms with Gasteiger partial charge in [-0.1, -0.05) is 72.3 Å².